The summed E-state index contributed by atoms with van der Waals surface area (Å²) in [5.74, 6) is 0.856. The number of nitrogens with one attached hydrogen (secondary N) is 1. The zero-order valence-electron chi connectivity index (χ0n) is 10.4. The molecule has 17 heavy (non-hydrogen) atoms. The topological polar surface area (TPSA) is 38.1 Å². The molecule has 0 aliphatic carbocycles. The van der Waals surface area contributed by atoms with Crippen LogP contribution in [0.15, 0.2) is 34.9 Å². The molecule has 1 aromatic carbocycles. The SMILES string of the molecule is CCc1ccc(CNCc2cc(C)on2)cc1. The molecule has 0 atom stereocenters. The first-order valence-corrected chi connectivity index (χ1v) is 5.98. The fourth-order valence-corrected chi connectivity index (χ4v) is 1.73. The van der Waals surface area contributed by atoms with E-state index in [2.05, 4.69) is 41.7 Å². The summed E-state index contributed by atoms with van der Waals surface area (Å²) in [5, 5.41) is 7.28. The second-order valence-corrected chi connectivity index (χ2v) is 4.20. The van der Waals surface area contributed by atoms with E-state index >= 15 is 0 Å². The maximum absolute atomic E-state index is 5.01. The van der Waals surface area contributed by atoms with Crippen molar-refractivity contribution in [1.29, 1.82) is 0 Å². The highest BCUT2D eigenvalue weighted by Gasteiger charge is 1.99. The Labute approximate surface area is 102 Å². The Hall–Kier alpha value is -1.61. The molecule has 0 radical (unpaired) electrons. The molecule has 90 valence electrons. The van der Waals surface area contributed by atoms with Crippen LogP contribution < -0.4 is 5.32 Å². The highest BCUT2D eigenvalue weighted by atomic mass is 16.5. The van der Waals surface area contributed by atoms with Crippen LogP contribution in [0.4, 0.5) is 0 Å². The van der Waals surface area contributed by atoms with E-state index in [1.807, 2.05) is 13.0 Å². The molecule has 0 saturated carbocycles. The Morgan fingerprint density at radius 3 is 2.41 bits per heavy atom. The van der Waals surface area contributed by atoms with Crippen molar-refractivity contribution in [2.75, 3.05) is 0 Å². The minimum absolute atomic E-state index is 0.743. The Kier molecular flexibility index (Phi) is 3.94. The molecule has 0 bridgehead atoms. The van der Waals surface area contributed by atoms with Gasteiger partial charge in [0.15, 0.2) is 0 Å². The van der Waals surface area contributed by atoms with Gasteiger partial charge in [-0.15, -0.1) is 0 Å². The molecule has 0 amide bonds. The number of aryl methyl sites for hydroxylation is 2. The molecule has 2 aromatic rings. The van der Waals surface area contributed by atoms with Gasteiger partial charge in [0.1, 0.15) is 5.76 Å². The highest BCUT2D eigenvalue weighted by Crippen LogP contribution is 2.05. The fourth-order valence-electron chi connectivity index (χ4n) is 1.73. The quantitative estimate of drug-likeness (QED) is 0.858. The molecule has 0 aliphatic rings. The molecule has 0 unspecified atom stereocenters. The summed E-state index contributed by atoms with van der Waals surface area (Å²) in [7, 11) is 0. The Balaban J connectivity index is 1.81. The monoisotopic (exact) mass is 230 g/mol. The van der Waals surface area contributed by atoms with Gasteiger partial charge < -0.3 is 9.84 Å². The molecule has 3 nitrogen and oxygen atoms in total. The number of rotatable bonds is 5. The van der Waals surface area contributed by atoms with E-state index in [1.54, 1.807) is 0 Å². The summed E-state index contributed by atoms with van der Waals surface area (Å²) in [6.07, 6.45) is 1.09. The van der Waals surface area contributed by atoms with Crippen LogP contribution in [-0.4, -0.2) is 5.16 Å². The average molecular weight is 230 g/mol. The molecular weight excluding hydrogens is 212 g/mol. The summed E-state index contributed by atoms with van der Waals surface area (Å²) >= 11 is 0. The van der Waals surface area contributed by atoms with E-state index in [4.69, 9.17) is 4.52 Å². The van der Waals surface area contributed by atoms with Crippen molar-refractivity contribution in [3.63, 3.8) is 0 Å². The standard InChI is InChI=1S/C14H18N2O/c1-3-12-4-6-13(7-5-12)9-15-10-14-8-11(2)17-16-14/h4-8,15H,3,9-10H2,1-2H3. The van der Waals surface area contributed by atoms with E-state index in [1.165, 1.54) is 11.1 Å². The van der Waals surface area contributed by atoms with Gasteiger partial charge in [0.05, 0.1) is 5.69 Å². The van der Waals surface area contributed by atoms with Gasteiger partial charge in [-0.2, -0.15) is 0 Å². The molecular formula is C14H18N2O. The maximum atomic E-state index is 5.01. The first kappa shape index (κ1) is 11.9. The first-order chi connectivity index (χ1) is 8.28. The van der Waals surface area contributed by atoms with Crippen molar-refractivity contribution in [2.24, 2.45) is 0 Å². The van der Waals surface area contributed by atoms with Crippen molar-refractivity contribution in [3.05, 3.63) is 52.9 Å². The van der Waals surface area contributed by atoms with Crippen molar-refractivity contribution in [3.8, 4) is 0 Å². The smallest absolute Gasteiger partial charge is 0.133 e. The van der Waals surface area contributed by atoms with Gasteiger partial charge in [0.25, 0.3) is 0 Å². The van der Waals surface area contributed by atoms with Gasteiger partial charge in [-0.05, 0) is 24.5 Å². The lowest BCUT2D eigenvalue weighted by Gasteiger charge is -2.03. The van der Waals surface area contributed by atoms with Crippen LogP contribution in [0.25, 0.3) is 0 Å². The molecule has 1 N–H and O–H groups in total. The van der Waals surface area contributed by atoms with Crippen LogP contribution in [0.2, 0.25) is 0 Å². The zero-order chi connectivity index (χ0) is 12.1. The number of benzene rings is 1. The van der Waals surface area contributed by atoms with E-state index < -0.39 is 0 Å². The van der Waals surface area contributed by atoms with Crippen molar-refractivity contribution in [2.45, 2.75) is 33.4 Å². The summed E-state index contributed by atoms with van der Waals surface area (Å²) < 4.78 is 5.01. The second kappa shape index (κ2) is 5.64. The van der Waals surface area contributed by atoms with Gasteiger partial charge in [-0.1, -0.05) is 36.3 Å². The summed E-state index contributed by atoms with van der Waals surface area (Å²) in [6.45, 7) is 5.67. The van der Waals surface area contributed by atoms with E-state index in [0.29, 0.717) is 0 Å². The Bertz CT molecular complexity index is 459. The number of hydrogen-bond donors (Lipinski definition) is 1. The second-order valence-electron chi connectivity index (χ2n) is 4.20. The maximum Gasteiger partial charge on any atom is 0.133 e. The lowest BCUT2D eigenvalue weighted by Crippen LogP contribution is -2.12. The number of nitrogens with zero attached hydrogens (tertiary/aromatic N) is 1. The van der Waals surface area contributed by atoms with E-state index in [0.717, 1.165) is 31.0 Å². The third-order valence-electron chi connectivity index (χ3n) is 2.74. The normalized spacial score (nSPS) is 10.7. The van der Waals surface area contributed by atoms with Crippen molar-refractivity contribution < 1.29 is 4.52 Å². The molecule has 1 aromatic heterocycles. The lowest BCUT2D eigenvalue weighted by atomic mass is 10.1. The van der Waals surface area contributed by atoms with Gasteiger partial charge in [0, 0.05) is 19.2 Å². The van der Waals surface area contributed by atoms with Gasteiger partial charge in [-0.25, -0.2) is 0 Å². The molecule has 3 heteroatoms. The predicted octanol–water partition coefficient (Wildman–Crippen LogP) is 2.84. The van der Waals surface area contributed by atoms with Crippen molar-refractivity contribution >= 4 is 0 Å². The van der Waals surface area contributed by atoms with E-state index in [-0.39, 0.29) is 0 Å². The molecule has 0 fully saturated rings. The molecule has 0 spiro atoms. The number of aromatic nitrogens is 1. The molecule has 0 saturated heterocycles. The predicted molar refractivity (Wildman–Crippen MR) is 67.6 cm³/mol. The minimum atomic E-state index is 0.743. The van der Waals surface area contributed by atoms with Crippen LogP contribution in [-0.2, 0) is 19.5 Å². The summed E-state index contributed by atoms with van der Waals surface area (Å²) in [6, 6.07) is 10.6. The Morgan fingerprint density at radius 1 is 1.12 bits per heavy atom. The van der Waals surface area contributed by atoms with Crippen LogP contribution in [0.5, 0.6) is 0 Å². The summed E-state index contributed by atoms with van der Waals surface area (Å²) in [4.78, 5) is 0. The third kappa shape index (κ3) is 3.43. The highest BCUT2D eigenvalue weighted by molar-refractivity contribution is 5.22. The Morgan fingerprint density at radius 2 is 1.82 bits per heavy atom. The van der Waals surface area contributed by atoms with Crippen LogP contribution in [0.3, 0.4) is 0 Å². The van der Waals surface area contributed by atoms with Gasteiger partial charge in [-0.3, -0.25) is 0 Å². The minimum Gasteiger partial charge on any atom is -0.361 e. The van der Waals surface area contributed by atoms with Gasteiger partial charge >= 0.3 is 0 Å². The lowest BCUT2D eigenvalue weighted by molar-refractivity contribution is 0.388. The first-order valence-electron chi connectivity index (χ1n) is 5.98. The van der Waals surface area contributed by atoms with Gasteiger partial charge in [0.2, 0.25) is 0 Å². The largest absolute Gasteiger partial charge is 0.361 e. The zero-order valence-corrected chi connectivity index (χ0v) is 10.4. The summed E-state index contributed by atoms with van der Waals surface area (Å²) in [5.41, 5.74) is 3.62. The number of hydrogen-bond acceptors (Lipinski definition) is 3. The van der Waals surface area contributed by atoms with Crippen LogP contribution >= 0.6 is 0 Å². The molecule has 1 heterocycles. The average Bonchev–Trinajstić information content (AvgIpc) is 2.76. The fraction of sp³-hybridized carbons (Fsp3) is 0.357. The van der Waals surface area contributed by atoms with Crippen molar-refractivity contribution in [1.82, 2.24) is 10.5 Å². The third-order valence-corrected chi connectivity index (χ3v) is 2.74. The van der Waals surface area contributed by atoms with Crippen LogP contribution in [0, 0.1) is 6.92 Å². The molecule has 2 rings (SSSR count). The van der Waals surface area contributed by atoms with E-state index in [9.17, 15) is 0 Å². The van der Waals surface area contributed by atoms with Crippen LogP contribution in [0.1, 0.15) is 29.5 Å². The molecule has 0 aliphatic heterocycles.